The molecule has 0 amide bonds. The van der Waals surface area contributed by atoms with Crippen molar-refractivity contribution >= 4 is 22.4 Å². The van der Waals surface area contributed by atoms with E-state index in [2.05, 4.69) is 5.32 Å². The van der Waals surface area contributed by atoms with Crippen LogP contribution >= 0.6 is 0 Å². The molecule has 0 bridgehead atoms. The van der Waals surface area contributed by atoms with E-state index in [-0.39, 0.29) is 22.3 Å². The van der Waals surface area contributed by atoms with Crippen molar-refractivity contribution in [1.82, 2.24) is 9.13 Å². The molecule has 2 aromatic rings. The fourth-order valence-electron chi connectivity index (χ4n) is 3.27. The second-order valence-electron chi connectivity index (χ2n) is 6.00. The summed E-state index contributed by atoms with van der Waals surface area (Å²) in [6.07, 6.45) is 5.59. The van der Waals surface area contributed by atoms with E-state index < -0.39 is 0 Å². The summed E-state index contributed by atoms with van der Waals surface area (Å²) in [7, 11) is 3.31. The molecule has 0 spiro atoms. The first-order valence-electron chi connectivity index (χ1n) is 7.59. The fraction of sp³-hybridized carbons (Fsp3) is 0.533. The average molecular weight is 304 g/mol. The van der Waals surface area contributed by atoms with Crippen molar-refractivity contribution in [3.8, 4) is 0 Å². The van der Waals surface area contributed by atoms with Gasteiger partial charge in [-0.3, -0.25) is 19.2 Å². The third-order valence-corrected chi connectivity index (χ3v) is 4.55. The Balaban J connectivity index is 2.10. The summed E-state index contributed by atoms with van der Waals surface area (Å²) < 4.78 is 2.96. The number of hydrogen-bond donors (Lipinski definition) is 1. The van der Waals surface area contributed by atoms with E-state index in [4.69, 9.17) is 0 Å². The van der Waals surface area contributed by atoms with Crippen molar-refractivity contribution < 1.29 is 4.92 Å². The zero-order valence-corrected chi connectivity index (χ0v) is 12.8. The molecule has 1 aliphatic carbocycles. The molecule has 1 fully saturated rings. The average Bonchev–Trinajstić information content (AvgIpc) is 2.72. The highest BCUT2D eigenvalue weighted by atomic mass is 16.6. The van der Waals surface area contributed by atoms with Crippen LogP contribution < -0.4 is 11.0 Å². The van der Waals surface area contributed by atoms with Gasteiger partial charge in [0.2, 0.25) is 0 Å². The minimum absolute atomic E-state index is 0.0271. The predicted molar refractivity (Wildman–Crippen MR) is 85.3 cm³/mol. The Hall–Kier alpha value is -2.31. The topological polar surface area (TPSA) is 82.1 Å². The maximum atomic E-state index is 12.0. The van der Waals surface area contributed by atoms with Crippen molar-refractivity contribution in [3.05, 3.63) is 32.7 Å². The quantitative estimate of drug-likeness (QED) is 0.698. The van der Waals surface area contributed by atoms with Gasteiger partial charge in [-0.2, -0.15) is 0 Å². The van der Waals surface area contributed by atoms with E-state index in [0.29, 0.717) is 16.7 Å². The Kier molecular flexibility index (Phi) is 3.64. The smallest absolute Gasteiger partial charge is 0.328 e. The van der Waals surface area contributed by atoms with Crippen LogP contribution in [0.15, 0.2) is 16.9 Å². The first kappa shape index (κ1) is 14.6. The number of aryl methyl sites for hydroxylation is 2. The summed E-state index contributed by atoms with van der Waals surface area (Å²) in [4.78, 5) is 23.0. The lowest BCUT2D eigenvalue weighted by molar-refractivity contribution is -0.383. The molecule has 1 N–H and O–H groups in total. The van der Waals surface area contributed by atoms with E-state index in [1.54, 1.807) is 20.2 Å². The number of nitrogens with zero attached hydrogens (tertiary/aromatic N) is 3. The highest BCUT2D eigenvalue weighted by Crippen LogP contribution is 2.32. The molecule has 0 atom stereocenters. The van der Waals surface area contributed by atoms with Crippen LogP contribution in [0, 0.1) is 10.1 Å². The third-order valence-electron chi connectivity index (χ3n) is 4.55. The maximum absolute atomic E-state index is 12.0. The van der Waals surface area contributed by atoms with E-state index >= 15 is 0 Å². The standard InChI is InChI=1S/C15H20N4O3/c1-17-13-8-11(16-10-6-4-3-5-7-10)12(19(21)22)9-14(13)18(2)15(17)20/h8-10,16H,3-7H2,1-2H3. The highest BCUT2D eigenvalue weighted by molar-refractivity contribution is 5.86. The summed E-state index contributed by atoms with van der Waals surface area (Å²) in [6, 6.07) is 3.48. The summed E-state index contributed by atoms with van der Waals surface area (Å²) in [5, 5.41) is 14.7. The molecule has 0 unspecified atom stereocenters. The molecule has 7 heteroatoms. The number of benzene rings is 1. The van der Waals surface area contributed by atoms with Crippen molar-refractivity contribution in [2.45, 2.75) is 38.1 Å². The summed E-state index contributed by atoms with van der Waals surface area (Å²) in [5.74, 6) is 0. The van der Waals surface area contributed by atoms with Gasteiger partial charge in [0, 0.05) is 26.2 Å². The number of hydrogen-bond acceptors (Lipinski definition) is 4. The van der Waals surface area contributed by atoms with Gasteiger partial charge in [-0.25, -0.2) is 4.79 Å². The molecule has 0 saturated heterocycles. The molecule has 118 valence electrons. The van der Waals surface area contributed by atoms with Crippen molar-refractivity contribution in [2.75, 3.05) is 5.32 Å². The molecule has 0 radical (unpaired) electrons. The van der Waals surface area contributed by atoms with E-state index in [1.165, 1.54) is 21.6 Å². The van der Waals surface area contributed by atoms with Gasteiger partial charge in [0.25, 0.3) is 5.69 Å². The Morgan fingerprint density at radius 2 is 1.73 bits per heavy atom. The van der Waals surface area contributed by atoms with Crippen LogP contribution in [0.25, 0.3) is 11.0 Å². The number of rotatable bonds is 3. The number of nitrogens with one attached hydrogen (secondary N) is 1. The molecule has 1 aromatic heterocycles. The number of anilines is 1. The first-order valence-corrected chi connectivity index (χ1v) is 7.59. The third kappa shape index (κ3) is 2.36. The molecule has 0 aliphatic heterocycles. The minimum Gasteiger partial charge on any atom is -0.377 e. The highest BCUT2D eigenvalue weighted by Gasteiger charge is 2.22. The summed E-state index contributed by atoms with van der Waals surface area (Å²) in [6.45, 7) is 0. The number of nitro benzene ring substituents is 1. The first-order chi connectivity index (χ1) is 10.5. The molecule has 22 heavy (non-hydrogen) atoms. The molecular formula is C15H20N4O3. The fourth-order valence-corrected chi connectivity index (χ4v) is 3.27. The minimum atomic E-state index is -0.387. The largest absolute Gasteiger partial charge is 0.377 e. The molecule has 7 nitrogen and oxygen atoms in total. The monoisotopic (exact) mass is 304 g/mol. The molecule has 3 rings (SSSR count). The normalized spacial score (nSPS) is 16.1. The molecule has 1 heterocycles. The summed E-state index contributed by atoms with van der Waals surface area (Å²) in [5.41, 5.74) is 1.63. The van der Waals surface area contributed by atoms with Crippen LogP contribution in [0.4, 0.5) is 11.4 Å². The molecule has 1 aliphatic rings. The van der Waals surface area contributed by atoms with Gasteiger partial charge in [-0.15, -0.1) is 0 Å². The maximum Gasteiger partial charge on any atom is 0.328 e. The van der Waals surface area contributed by atoms with E-state index in [9.17, 15) is 14.9 Å². The zero-order valence-electron chi connectivity index (χ0n) is 12.8. The SMILES string of the molecule is Cn1c(=O)n(C)c2cc([N+](=O)[O-])c(NC3CCCCC3)cc21. The number of fused-ring (bicyclic) bond motifs is 1. The zero-order chi connectivity index (χ0) is 15.9. The second-order valence-corrected chi connectivity index (χ2v) is 6.00. The van der Waals surface area contributed by atoms with Gasteiger partial charge >= 0.3 is 5.69 Å². The second kappa shape index (κ2) is 5.47. The molecular weight excluding hydrogens is 284 g/mol. The van der Waals surface area contributed by atoms with Gasteiger partial charge < -0.3 is 5.32 Å². The lowest BCUT2D eigenvalue weighted by Crippen LogP contribution is -2.22. The number of imidazole rings is 1. The van der Waals surface area contributed by atoms with Gasteiger partial charge in [0.05, 0.1) is 16.0 Å². The molecule has 1 aromatic carbocycles. The van der Waals surface area contributed by atoms with Crippen molar-refractivity contribution in [3.63, 3.8) is 0 Å². The lowest BCUT2D eigenvalue weighted by Gasteiger charge is -2.23. The van der Waals surface area contributed by atoms with Gasteiger partial charge in [0.1, 0.15) is 5.69 Å². The van der Waals surface area contributed by atoms with Gasteiger partial charge in [0.15, 0.2) is 0 Å². The van der Waals surface area contributed by atoms with E-state index in [1.807, 2.05) is 0 Å². The number of aromatic nitrogens is 2. The van der Waals surface area contributed by atoms with Gasteiger partial charge in [-0.05, 0) is 18.9 Å². The van der Waals surface area contributed by atoms with Crippen molar-refractivity contribution in [2.24, 2.45) is 14.1 Å². The van der Waals surface area contributed by atoms with Crippen molar-refractivity contribution in [1.29, 1.82) is 0 Å². The van der Waals surface area contributed by atoms with Crippen LogP contribution in [0.1, 0.15) is 32.1 Å². The molecule has 1 saturated carbocycles. The van der Waals surface area contributed by atoms with Crippen LogP contribution in [0.3, 0.4) is 0 Å². The Bertz CT molecular complexity index is 784. The van der Waals surface area contributed by atoms with Crippen LogP contribution in [0.2, 0.25) is 0 Å². The van der Waals surface area contributed by atoms with Crippen LogP contribution in [-0.4, -0.2) is 20.1 Å². The Morgan fingerprint density at radius 3 is 2.32 bits per heavy atom. The van der Waals surface area contributed by atoms with Crippen LogP contribution in [-0.2, 0) is 14.1 Å². The Labute approximate surface area is 127 Å². The Morgan fingerprint density at radius 1 is 1.14 bits per heavy atom. The van der Waals surface area contributed by atoms with Crippen LogP contribution in [0.5, 0.6) is 0 Å². The van der Waals surface area contributed by atoms with E-state index in [0.717, 1.165) is 25.7 Å². The lowest BCUT2D eigenvalue weighted by atomic mass is 9.95. The number of nitro groups is 1. The predicted octanol–water partition coefficient (Wildman–Crippen LogP) is 2.53. The summed E-state index contributed by atoms with van der Waals surface area (Å²) >= 11 is 0. The van der Waals surface area contributed by atoms with Gasteiger partial charge in [-0.1, -0.05) is 19.3 Å².